The van der Waals surface area contributed by atoms with Gasteiger partial charge in [-0.1, -0.05) is 49.3 Å². The van der Waals surface area contributed by atoms with Gasteiger partial charge in [0.1, 0.15) is 5.82 Å². The molecule has 0 bridgehead atoms. The molecule has 0 radical (unpaired) electrons. The lowest BCUT2D eigenvalue weighted by Gasteiger charge is -2.34. The topological polar surface area (TPSA) is 77.8 Å². The minimum Gasteiger partial charge on any atom is -0.478 e. The number of amides is 1. The molecule has 6 heteroatoms. The Balaban J connectivity index is 1.43. The monoisotopic (exact) mass is 451 g/mol. The molecule has 1 saturated heterocycles. The molecule has 2 fully saturated rings. The van der Waals surface area contributed by atoms with E-state index in [0.29, 0.717) is 25.8 Å². The number of carboxylic acid groups (broad SMARTS) is 1. The van der Waals surface area contributed by atoms with E-state index in [4.69, 9.17) is 5.11 Å². The number of carbonyl (C=O) groups is 2. The number of aliphatic hydroxyl groups is 1. The van der Waals surface area contributed by atoms with Gasteiger partial charge in [0.25, 0.3) is 0 Å². The Morgan fingerprint density at radius 3 is 2.42 bits per heavy atom. The van der Waals surface area contributed by atoms with Crippen molar-refractivity contribution in [2.24, 2.45) is 0 Å². The molecule has 2 aromatic carbocycles. The fourth-order valence-electron chi connectivity index (χ4n) is 5.27. The summed E-state index contributed by atoms with van der Waals surface area (Å²) in [5.41, 5.74) is 1.77. The number of rotatable bonds is 8. The highest BCUT2D eigenvalue weighted by Gasteiger charge is 2.41. The van der Waals surface area contributed by atoms with Gasteiger partial charge in [0.15, 0.2) is 0 Å². The summed E-state index contributed by atoms with van der Waals surface area (Å²) in [7, 11) is 0. The minimum atomic E-state index is -0.958. The lowest BCUT2D eigenvalue weighted by atomic mass is 9.74. The summed E-state index contributed by atoms with van der Waals surface area (Å²) in [5.74, 6) is -1.15. The molecule has 0 spiro atoms. The second kappa shape index (κ2) is 9.87. The number of hydrogen-bond acceptors (Lipinski definition) is 3. The van der Waals surface area contributed by atoms with Crippen molar-refractivity contribution in [1.29, 1.82) is 0 Å². The smallest absolute Gasteiger partial charge is 0.335 e. The van der Waals surface area contributed by atoms with Crippen LogP contribution in [0.3, 0.4) is 0 Å². The maximum atomic E-state index is 13.4. The summed E-state index contributed by atoms with van der Waals surface area (Å²) < 4.78 is 13.4. The molecular formula is C27H30FNO4. The summed E-state index contributed by atoms with van der Waals surface area (Å²) in [6.45, 7) is 0.541. The van der Waals surface area contributed by atoms with Crippen LogP contribution in [0, 0.1) is 5.82 Å². The molecule has 4 rings (SSSR count). The first kappa shape index (κ1) is 23.2. The maximum Gasteiger partial charge on any atom is 0.335 e. The zero-order valence-electron chi connectivity index (χ0n) is 18.6. The number of aromatic carboxylic acids is 1. The van der Waals surface area contributed by atoms with Gasteiger partial charge in [0.05, 0.1) is 17.7 Å². The molecule has 2 N–H and O–H groups in total. The van der Waals surface area contributed by atoms with Crippen LogP contribution in [-0.4, -0.2) is 45.7 Å². The molecule has 1 saturated carbocycles. The van der Waals surface area contributed by atoms with Crippen LogP contribution in [0.5, 0.6) is 0 Å². The summed E-state index contributed by atoms with van der Waals surface area (Å²) in [4.78, 5) is 25.3. The third-order valence-electron chi connectivity index (χ3n) is 7.21. The average molecular weight is 452 g/mol. The van der Waals surface area contributed by atoms with E-state index in [2.05, 4.69) is 0 Å². The second-order valence-corrected chi connectivity index (χ2v) is 9.15. The van der Waals surface area contributed by atoms with Crippen LogP contribution in [-0.2, 0) is 16.6 Å². The van der Waals surface area contributed by atoms with Crippen LogP contribution in [0.15, 0.2) is 60.7 Å². The number of carboxylic acids is 1. The van der Waals surface area contributed by atoms with E-state index in [-0.39, 0.29) is 23.3 Å². The SMILES string of the molecule is O=C(O)c1ccc(CCN2C(=O)CC[C@@H]2/C=C/C(O)C2(c3ccc(F)cc3)CCCC2)cc1. The number of benzene rings is 2. The molecule has 1 unspecified atom stereocenters. The molecule has 5 nitrogen and oxygen atoms in total. The van der Waals surface area contributed by atoms with Gasteiger partial charge >= 0.3 is 5.97 Å². The van der Waals surface area contributed by atoms with Gasteiger partial charge < -0.3 is 15.1 Å². The Hall–Kier alpha value is -2.99. The van der Waals surface area contributed by atoms with Crippen molar-refractivity contribution in [3.8, 4) is 0 Å². The number of carbonyl (C=O) groups excluding carboxylic acids is 1. The molecule has 2 aromatic rings. The van der Waals surface area contributed by atoms with Crippen molar-refractivity contribution in [2.75, 3.05) is 6.54 Å². The van der Waals surface area contributed by atoms with Crippen molar-refractivity contribution in [3.63, 3.8) is 0 Å². The zero-order chi connectivity index (χ0) is 23.4. The van der Waals surface area contributed by atoms with E-state index >= 15 is 0 Å². The van der Waals surface area contributed by atoms with Crippen LogP contribution < -0.4 is 0 Å². The Morgan fingerprint density at radius 2 is 1.79 bits per heavy atom. The number of nitrogens with zero attached hydrogens (tertiary/aromatic N) is 1. The van der Waals surface area contributed by atoms with Crippen LogP contribution in [0.2, 0.25) is 0 Å². The van der Waals surface area contributed by atoms with Gasteiger partial charge in [-0.25, -0.2) is 9.18 Å². The molecule has 33 heavy (non-hydrogen) atoms. The molecule has 1 amide bonds. The largest absolute Gasteiger partial charge is 0.478 e. The lowest BCUT2D eigenvalue weighted by Crippen LogP contribution is -2.37. The predicted octanol–water partition coefficient (Wildman–Crippen LogP) is 4.49. The normalized spacial score (nSPS) is 21.1. The highest BCUT2D eigenvalue weighted by atomic mass is 19.1. The van der Waals surface area contributed by atoms with Gasteiger partial charge in [-0.05, 0) is 61.1 Å². The number of likely N-dealkylation sites (tertiary alicyclic amines) is 1. The summed E-state index contributed by atoms with van der Waals surface area (Å²) >= 11 is 0. The molecular weight excluding hydrogens is 421 g/mol. The minimum absolute atomic E-state index is 0.0721. The van der Waals surface area contributed by atoms with Crippen molar-refractivity contribution < 1.29 is 24.2 Å². The highest BCUT2D eigenvalue weighted by molar-refractivity contribution is 5.87. The summed E-state index contributed by atoms with van der Waals surface area (Å²) in [6, 6.07) is 13.1. The van der Waals surface area contributed by atoms with Crippen molar-refractivity contribution in [3.05, 3.63) is 83.2 Å². The van der Waals surface area contributed by atoms with Crippen LogP contribution >= 0.6 is 0 Å². The fraction of sp³-hybridized carbons (Fsp3) is 0.407. The standard InChI is InChI=1S/C27H30FNO4/c28-22-9-7-21(8-10-22)27(16-1-2-17-27)24(30)13-11-23-12-14-25(31)29(23)18-15-19-3-5-20(6-4-19)26(32)33/h3-11,13,23-24,30H,1-2,12,14-18H2,(H,32,33)/b13-11+/t23-,24?/m0/s1. The third kappa shape index (κ3) is 5.01. The first-order chi connectivity index (χ1) is 15.9. The third-order valence-corrected chi connectivity index (χ3v) is 7.21. The lowest BCUT2D eigenvalue weighted by molar-refractivity contribution is -0.128. The second-order valence-electron chi connectivity index (χ2n) is 9.15. The molecule has 1 aliphatic heterocycles. The van der Waals surface area contributed by atoms with Crippen molar-refractivity contribution in [2.45, 2.75) is 62.5 Å². The first-order valence-corrected chi connectivity index (χ1v) is 11.6. The Bertz CT molecular complexity index is 1010. The maximum absolute atomic E-state index is 13.4. The quantitative estimate of drug-likeness (QED) is 0.580. The summed E-state index contributed by atoms with van der Waals surface area (Å²) in [5, 5.41) is 20.2. The Kier molecular flexibility index (Phi) is 6.94. The first-order valence-electron chi connectivity index (χ1n) is 11.6. The van der Waals surface area contributed by atoms with Gasteiger partial charge in [0.2, 0.25) is 5.91 Å². The van der Waals surface area contributed by atoms with E-state index in [1.165, 1.54) is 12.1 Å². The van der Waals surface area contributed by atoms with E-state index < -0.39 is 17.5 Å². The molecule has 1 heterocycles. The van der Waals surface area contributed by atoms with Gasteiger partial charge in [-0.2, -0.15) is 0 Å². The molecule has 2 aliphatic rings. The Morgan fingerprint density at radius 1 is 1.12 bits per heavy atom. The molecule has 2 atom stereocenters. The zero-order valence-corrected chi connectivity index (χ0v) is 18.6. The number of halogens is 1. The summed E-state index contributed by atoms with van der Waals surface area (Å²) in [6.07, 6.45) is 8.65. The van der Waals surface area contributed by atoms with E-state index in [0.717, 1.165) is 36.8 Å². The number of aliphatic hydroxyl groups excluding tert-OH is 1. The van der Waals surface area contributed by atoms with E-state index in [1.54, 1.807) is 36.4 Å². The molecule has 1 aliphatic carbocycles. The van der Waals surface area contributed by atoms with E-state index in [1.807, 2.05) is 17.1 Å². The van der Waals surface area contributed by atoms with Gasteiger partial charge in [-0.3, -0.25) is 4.79 Å². The fourth-order valence-corrected chi connectivity index (χ4v) is 5.27. The van der Waals surface area contributed by atoms with Gasteiger partial charge in [-0.15, -0.1) is 0 Å². The van der Waals surface area contributed by atoms with Crippen LogP contribution in [0.25, 0.3) is 0 Å². The van der Waals surface area contributed by atoms with Crippen LogP contribution in [0.4, 0.5) is 4.39 Å². The Labute approximate surface area is 193 Å². The van der Waals surface area contributed by atoms with Gasteiger partial charge in [0, 0.05) is 18.4 Å². The number of hydrogen-bond donors (Lipinski definition) is 2. The average Bonchev–Trinajstić information content (AvgIpc) is 3.44. The van der Waals surface area contributed by atoms with Crippen molar-refractivity contribution in [1.82, 2.24) is 4.90 Å². The van der Waals surface area contributed by atoms with E-state index in [9.17, 15) is 19.1 Å². The van der Waals surface area contributed by atoms with Crippen molar-refractivity contribution >= 4 is 11.9 Å². The predicted molar refractivity (Wildman–Crippen MR) is 124 cm³/mol. The molecule has 174 valence electrons. The van der Waals surface area contributed by atoms with Crippen LogP contribution in [0.1, 0.15) is 60.0 Å². The highest BCUT2D eigenvalue weighted by Crippen LogP contribution is 2.44. The molecule has 0 aromatic heterocycles.